The molecule has 2 heterocycles. The van der Waals surface area contributed by atoms with Crippen molar-refractivity contribution in [1.82, 2.24) is 4.40 Å². The second-order valence-corrected chi connectivity index (χ2v) is 9.82. The Morgan fingerprint density at radius 3 is 2.06 bits per heavy atom. The van der Waals surface area contributed by atoms with Gasteiger partial charge in [0.2, 0.25) is 0 Å². The van der Waals surface area contributed by atoms with Crippen LogP contribution in [0.15, 0.2) is 78.9 Å². The summed E-state index contributed by atoms with van der Waals surface area (Å²) >= 11 is 0. The zero-order valence-electron chi connectivity index (χ0n) is 19.5. The van der Waals surface area contributed by atoms with E-state index in [1.54, 1.807) is 0 Å². The van der Waals surface area contributed by atoms with Crippen LogP contribution < -0.4 is 0 Å². The van der Waals surface area contributed by atoms with E-state index in [1.807, 2.05) is 0 Å². The molecule has 33 heavy (non-hydrogen) atoms. The molecule has 0 spiro atoms. The van der Waals surface area contributed by atoms with Gasteiger partial charge in [-0.25, -0.2) is 0 Å². The third-order valence-electron chi connectivity index (χ3n) is 7.31. The van der Waals surface area contributed by atoms with Crippen LogP contribution in [0.1, 0.15) is 22.3 Å². The van der Waals surface area contributed by atoms with Crippen molar-refractivity contribution in [2.75, 3.05) is 0 Å². The maximum absolute atomic E-state index is 2.51. The van der Waals surface area contributed by atoms with Crippen molar-refractivity contribution in [3.8, 4) is 11.1 Å². The molecule has 0 unspecified atom stereocenters. The molecule has 0 amide bonds. The Hall–Kier alpha value is -3.84. The summed E-state index contributed by atoms with van der Waals surface area (Å²) in [4.78, 5) is 0. The molecule has 5 aromatic carbocycles. The first-order valence-corrected chi connectivity index (χ1v) is 11.7. The second-order valence-electron chi connectivity index (χ2n) is 9.82. The number of benzene rings is 5. The van der Waals surface area contributed by atoms with Crippen LogP contribution in [0.3, 0.4) is 0 Å². The smallest absolute Gasteiger partial charge is 0.0623 e. The van der Waals surface area contributed by atoms with E-state index in [9.17, 15) is 0 Å². The molecule has 0 bridgehead atoms. The minimum Gasteiger partial charge on any atom is -0.308 e. The lowest BCUT2D eigenvalue weighted by molar-refractivity contribution is 1.36. The molecule has 2 aromatic heterocycles. The van der Waals surface area contributed by atoms with Gasteiger partial charge in [-0.15, -0.1) is 0 Å². The van der Waals surface area contributed by atoms with Crippen LogP contribution in [-0.4, -0.2) is 4.40 Å². The number of aromatic nitrogens is 1. The Labute approximate surface area is 193 Å². The first-order chi connectivity index (χ1) is 16.0. The van der Waals surface area contributed by atoms with Crippen molar-refractivity contribution in [2.45, 2.75) is 27.7 Å². The highest BCUT2D eigenvalue weighted by Gasteiger charge is 2.19. The minimum atomic E-state index is 1.28. The Morgan fingerprint density at radius 2 is 1.24 bits per heavy atom. The largest absolute Gasteiger partial charge is 0.308 e. The van der Waals surface area contributed by atoms with Gasteiger partial charge >= 0.3 is 0 Å². The van der Waals surface area contributed by atoms with E-state index in [0.29, 0.717) is 0 Å². The highest BCUT2D eigenvalue weighted by atomic mass is 14.9. The molecule has 0 aliphatic rings. The highest BCUT2D eigenvalue weighted by molar-refractivity contribution is 6.25. The van der Waals surface area contributed by atoms with Gasteiger partial charge in [0.1, 0.15) is 0 Å². The quantitative estimate of drug-likeness (QED) is 0.248. The Bertz CT molecular complexity index is 1880. The topological polar surface area (TPSA) is 4.41 Å². The number of hydrogen-bond donors (Lipinski definition) is 0. The van der Waals surface area contributed by atoms with Gasteiger partial charge in [-0.2, -0.15) is 0 Å². The van der Waals surface area contributed by atoms with E-state index in [1.165, 1.54) is 82.2 Å². The molecule has 0 aliphatic carbocycles. The fraction of sp³-hybridized carbons (Fsp3) is 0.125. The van der Waals surface area contributed by atoms with Crippen LogP contribution in [0.2, 0.25) is 0 Å². The van der Waals surface area contributed by atoms with Crippen LogP contribution in [0, 0.1) is 27.7 Å². The molecular weight excluding hydrogens is 398 g/mol. The van der Waals surface area contributed by atoms with Crippen molar-refractivity contribution in [2.24, 2.45) is 0 Å². The van der Waals surface area contributed by atoms with E-state index in [0.717, 1.165) is 0 Å². The van der Waals surface area contributed by atoms with Crippen LogP contribution in [0.4, 0.5) is 0 Å². The van der Waals surface area contributed by atoms with Crippen LogP contribution in [0.5, 0.6) is 0 Å². The third-order valence-corrected chi connectivity index (χ3v) is 7.31. The molecule has 0 radical (unpaired) electrons. The molecule has 1 nitrogen and oxygen atoms in total. The van der Waals surface area contributed by atoms with E-state index >= 15 is 0 Å². The van der Waals surface area contributed by atoms with Crippen molar-refractivity contribution in [3.05, 3.63) is 101 Å². The summed E-state index contributed by atoms with van der Waals surface area (Å²) in [5, 5.41) is 8.01. The number of fused-ring (bicyclic) bond motifs is 7. The fourth-order valence-corrected chi connectivity index (χ4v) is 5.91. The zero-order chi connectivity index (χ0) is 22.4. The van der Waals surface area contributed by atoms with Gasteiger partial charge in [-0.1, -0.05) is 77.4 Å². The molecule has 158 valence electrons. The summed E-state index contributed by atoms with van der Waals surface area (Å²) in [7, 11) is 0. The summed E-state index contributed by atoms with van der Waals surface area (Å²) < 4.78 is 2.51. The average molecular weight is 424 g/mol. The van der Waals surface area contributed by atoms with E-state index in [4.69, 9.17) is 0 Å². The summed E-state index contributed by atoms with van der Waals surface area (Å²) in [6.07, 6.45) is 0. The van der Waals surface area contributed by atoms with Gasteiger partial charge < -0.3 is 4.40 Å². The number of hydrogen-bond acceptors (Lipinski definition) is 0. The summed E-state index contributed by atoms with van der Waals surface area (Å²) in [6.45, 7) is 8.77. The molecule has 7 rings (SSSR count). The van der Waals surface area contributed by atoms with Gasteiger partial charge in [0.05, 0.1) is 16.6 Å². The first kappa shape index (κ1) is 18.7. The lowest BCUT2D eigenvalue weighted by Gasteiger charge is -2.07. The number of nitrogens with zero attached hydrogens (tertiary/aromatic N) is 1. The molecule has 0 saturated heterocycles. The minimum absolute atomic E-state index is 1.28. The summed E-state index contributed by atoms with van der Waals surface area (Å²) in [5.74, 6) is 0. The van der Waals surface area contributed by atoms with Crippen LogP contribution in [0.25, 0.3) is 60.0 Å². The van der Waals surface area contributed by atoms with Gasteiger partial charge in [0.15, 0.2) is 0 Å². The molecule has 0 fully saturated rings. The predicted octanol–water partition coefficient (Wildman–Crippen LogP) is 8.89. The van der Waals surface area contributed by atoms with Crippen molar-refractivity contribution in [3.63, 3.8) is 0 Å². The molecule has 7 aromatic rings. The Balaban J connectivity index is 1.68. The monoisotopic (exact) mass is 423 g/mol. The maximum Gasteiger partial charge on any atom is 0.0623 e. The normalized spacial score (nSPS) is 12.2. The molecular formula is C32H25N. The van der Waals surface area contributed by atoms with Crippen molar-refractivity contribution >= 4 is 48.9 Å². The van der Waals surface area contributed by atoms with Gasteiger partial charge in [0, 0.05) is 21.5 Å². The van der Waals surface area contributed by atoms with Gasteiger partial charge in [0.25, 0.3) is 0 Å². The highest BCUT2D eigenvalue weighted by Crippen LogP contribution is 2.42. The predicted molar refractivity (Wildman–Crippen MR) is 143 cm³/mol. The molecule has 1 heteroatoms. The number of rotatable bonds is 1. The average Bonchev–Trinajstić information content (AvgIpc) is 3.28. The maximum atomic E-state index is 2.51. The zero-order valence-corrected chi connectivity index (χ0v) is 19.5. The lowest BCUT2D eigenvalue weighted by Crippen LogP contribution is -1.85. The second kappa shape index (κ2) is 6.36. The standard InChI is InChI=1S/C32H25N/c1-18-5-7-22-15-28-26-9-6-21(4)31-27-10-8-23(24-13-19(2)11-20(3)14-24)16-29(27)33(32(26)31)30(28)17-25(22)12-18/h5-17H,1-4H3. The van der Waals surface area contributed by atoms with E-state index in [-0.39, 0.29) is 0 Å². The third kappa shape index (κ3) is 2.54. The van der Waals surface area contributed by atoms with Crippen molar-refractivity contribution < 1.29 is 0 Å². The SMILES string of the molecule is Cc1cc(C)cc(-c2ccc3c4c(C)ccc5c6cc7ccc(C)cc7cc6n(c3c2)c54)c1. The molecule has 0 atom stereocenters. The lowest BCUT2D eigenvalue weighted by atomic mass is 9.98. The Kier molecular flexibility index (Phi) is 3.60. The van der Waals surface area contributed by atoms with E-state index < -0.39 is 0 Å². The fourth-order valence-electron chi connectivity index (χ4n) is 5.91. The molecule has 0 N–H and O–H groups in total. The van der Waals surface area contributed by atoms with Crippen LogP contribution in [-0.2, 0) is 0 Å². The first-order valence-electron chi connectivity index (χ1n) is 11.7. The summed E-state index contributed by atoms with van der Waals surface area (Å²) in [6, 6.07) is 30.0. The van der Waals surface area contributed by atoms with Crippen LogP contribution >= 0.6 is 0 Å². The molecule has 0 aliphatic heterocycles. The Morgan fingerprint density at radius 1 is 0.485 bits per heavy atom. The van der Waals surface area contributed by atoms with E-state index in [2.05, 4.69) is 111 Å². The summed E-state index contributed by atoms with van der Waals surface area (Å²) in [5.41, 5.74) is 11.8. The van der Waals surface area contributed by atoms with Gasteiger partial charge in [-0.05, 0) is 73.4 Å². The molecule has 0 saturated carbocycles. The van der Waals surface area contributed by atoms with Gasteiger partial charge in [-0.3, -0.25) is 0 Å². The number of aryl methyl sites for hydroxylation is 4. The van der Waals surface area contributed by atoms with Crippen molar-refractivity contribution in [1.29, 1.82) is 0 Å².